The van der Waals surface area contributed by atoms with Crippen molar-refractivity contribution in [2.75, 3.05) is 7.11 Å². The van der Waals surface area contributed by atoms with Gasteiger partial charge in [-0.05, 0) is 68.5 Å². The van der Waals surface area contributed by atoms with Crippen LogP contribution < -0.4 is 4.74 Å². The predicted molar refractivity (Wildman–Crippen MR) is 126 cm³/mol. The van der Waals surface area contributed by atoms with Gasteiger partial charge in [0.25, 0.3) is 17.7 Å². The summed E-state index contributed by atoms with van der Waals surface area (Å²) in [4.78, 5) is 54.0. The lowest BCUT2D eigenvalue weighted by Gasteiger charge is -2.35. The van der Waals surface area contributed by atoms with Gasteiger partial charge in [0.05, 0.1) is 29.5 Å². The topological polar surface area (TPSA) is 84.0 Å². The molecule has 0 N–H and O–H groups in total. The zero-order valence-corrected chi connectivity index (χ0v) is 20.1. The molecule has 2 aliphatic rings. The van der Waals surface area contributed by atoms with Gasteiger partial charge in [0.1, 0.15) is 11.8 Å². The van der Waals surface area contributed by atoms with Crippen molar-refractivity contribution < 1.29 is 23.9 Å². The lowest BCUT2D eigenvalue weighted by atomic mass is 9.76. The highest BCUT2D eigenvalue weighted by Crippen LogP contribution is 2.42. The third kappa shape index (κ3) is 4.20. The van der Waals surface area contributed by atoms with Gasteiger partial charge in [-0.15, -0.1) is 0 Å². The molecular formula is C26H27ClN2O5. The molecule has 0 spiro atoms. The summed E-state index contributed by atoms with van der Waals surface area (Å²) in [6.07, 6.45) is 2.01. The van der Waals surface area contributed by atoms with Gasteiger partial charge in [0.15, 0.2) is 5.78 Å². The number of Topliss-reactive ketones (excluding diaryl/α,β-unsaturated/α-hetero) is 1. The average Bonchev–Trinajstić information content (AvgIpc) is 3.08. The second-order valence-electron chi connectivity index (χ2n) is 9.02. The SMILES string of the molecule is COc1ccc(C(=O)[C@H](C)N(C(=O)c2ccccc2Cl)N2C(=O)[C@H]3C[C@@H](C)CC[C@H]3C2=O)cc1. The van der Waals surface area contributed by atoms with Crippen molar-refractivity contribution in [3.63, 3.8) is 0 Å². The Labute approximate surface area is 203 Å². The molecule has 0 radical (unpaired) electrons. The number of fused-ring (bicyclic) bond motifs is 1. The molecule has 1 aliphatic carbocycles. The molecule has 1 saturated heterocycles. The summed E-state index contributed by atoms with van der Waals surface area (Å²) < 4.78 is 5.15. The van der Waals surface area contributed by atoms with Crippen LogP contribution in [0.3, 0.4) is 0 Å². The Balaban J connectivity index is 1.75. The molecule has 1 saturated carbocycles. The first-order chi connectivity index (χ1) is 16.2. The highest BCUT2D eigenvalue weighted by atomic mass is 35.5. The van der Waals surface area contributed by atoms with E-state index in [0.29, 0.717) is 30.1 Å². The third-order valence-electron chi connectivity index (χ3n) is 6.81. The van der Waals surface area contributed by atoms with E-state index in [-0.39, 0.29) is 10.6 Å². The maximum atomic E-state index is 13.7. The minimum atomic E-state index is -1.12. The van der Waals surface area contributed by atoms with Gasteiger partial charge in [0.2, 0.25) is 0 Å². The summed E-state index contributed by atoms with van der Waals surface area (Å²) in [5.74, 6) is -2.02. The number of ketones is 1. The van der Waals surface area contributed by atoms with Gasteiger partial charge < -0.3 is 4.74 Å². The largest absolute Gasteiger partial charge is 0.497 e. The van der Waals surface area contributed by atoms with E-state index in [2.05, 4.69) is 6.92 Å². The number of nitrogens with zero attached hydrogens (tertiary/aromatic N) is 2. The number of hydrogen-bond acceptors (Lipinski definition) is 5. The van der Waals surface area contributed by atoms with E-state index in [1.165, 1.54) is 20.1 Å². The molecule has 2 aromatic carbocycles. The van der Waals surface area contributed by atoms with Gasteiger partial charge in [-0.3, -0.25) is 19.2 Å². The molecule has 2 aromatic rings. The number of rotatable bonds is 6. The molecule has 4 rings (SSSR count). The third-order valence-corrected chi connectivity index (χ3v) is 7.14. The Morgan fingerprint density at radius 2 is 1.68 bits per heavy atom. The molecule has 7 nitrogen and oxygen atoms in total. The summed E-state index contributed by atoms with van der Waals surface area (Å²) in [6.45, 7) is 3.57. The Bertz CT molecular complexity index is 1130. The predicted octanol–water partition coefficient (Wildman–Crippen LogP) is 4.40. The number of hydrazine groups is 1. The van der Waals surface area contributed by atoms with Gasteiger partial charge >= 0.3 is 0 Å². The van der Waals surface area contributed by atoms with Crippen molar-refractivity contribution >= 4 is 35.1 Å². The van der Waals surface area contributed by atoms with Crippen LogP contribution in [0.5, 0.6) is 5.75 Å². The monoisotopic (exact) mass is 482 g/mol. The first-order valence-electron chi connectivity index (χ1n) is 11.4. The Hall–Kier alpha value is -3.19. The van der Waals surface area contributed by atoms with Crippen molar-refractivity contribution in [1.29, 1.82) is 0 Å². The molecule has 34 heavy (non-hydrogen) atoms. The number of imide groups is 1. The van der Waals surface area contributed by atoms with E-state index in [1.54, 1.807) is 42.5 Å². The van der Waals surface area contributed by atoms with Crippen molar-refractivity contribution in [2.45, 2.75) is 39.2 Å². The van der Waals surface area contributed by atoms with Crippen molar-refractivity contribution in [3.05, 3.63) is 64.7 Å². The fourth-order valence-corrected chi connectivity index (χ4v) is 5.11. The number of benzene rings is 2. The highest BCUT2D eigenvalue weighted by Gasteiger charge is 2.54. The second kappa shape index (κ2) is 9.58. The average molecular weight is 483 g/mol. The molecular weight excluding hydrogens is 456 g/mol. The van der Waals surface area contributed by atoms with E-state index < -0.39 is 41.4 Å². The minimum absolute atomic E-state index is 0.113. The first kappa shape index (κ1) is 24.0. The van der Waals surface area contributed by atoms with Gasteiger partial charge in [0, 0.05) is 5.56 Å². The van der Waals surface area contributed by atoms with E-state index in [9.17, 15) is 19.2 Å². The summed E-state index contributed by atoms with van der Waals surface area (Å²) in [6, 6.07) is 11.7. The Kier molecular flexibility index (Phi) is 6.75. The zero-order valence-electron chi connectivity index (χ0n) is 19.4. The Morgan fingerprint density at radius 1 is 1.03 bits per heavy atom. The molecule has 1 aliphatic heterocycles. The number of halogens is 1. The number of amides is 3. The number of ether oxygens (including phenoxy) is 1. The number of hydrogen-bond donors (Lipinski definition) is 0. The maximum Gasteiger partial charge on any atom is 0.275 e. The first-order valence-corrected chi connectivity index (χ1v) is 11.8. The van der Waals surface area contributed by atoms with Crippen LogP contribution in [0.15, 0.2) is 48.5 Å². The summed E-state index contributed by atoms with van der Waals surface area (Å²) in [7, 11) is 1.52. The number of carbonyl (C=O) groups excluding carboxylic acids is 4. The smallest absolute Gasteiger partial charge is 0.275 e. The number of methoxy groups -OCH3 is 1. The zero-order chi connectivity index (χ0) is 24.6. The van der Waals surface area contributed by atoms with Gasteiger partial charge in [-0.25, -0.2) is 5.01 Å². The normalized spacial score (nSPS) is 22.8. The maximum absolute atomic E-state index is 13.7. The van der Waals surface area contributed by atoms with Crippen LogP contribution in [0.4, 0.5) is 0 Å². The fourth-order valence-electron chi connectivity index (χ4n) is 4.89. The van der Waals surface area contributed by atoms with E-state index in [1.807, 2.05) is 0 Å². The summed E-state index contributed by atoms with van der Waals surface area (Å²) in [5.41, 5.74) is 0.442. The molecule has 1 heterocycles. The van der Waals surface area contributed by atoms with Crippen molar-refractivity contribution in [2.24, 2.45) is 17.8 Å². The Morgan fingerprint density at radius 3 is 2.32 bits per heavy atom. The second-order valence-corrected chi connectivity index (χ2v) is 9.42. The number of carbonyl (C=O) groups is 4. The fraction of sp³-hybridized carbons (Fsp3) is 0.385. The molecule has 178 valence electrons. The quantitative estimate of drug-likeness (QED) is 0.450. The summed E-state index contributed by atoms with van der Waals surface area (Å²) >= 11 is 6.28. The lowest BCUT2D eigenvalue weighted by molar-refractivity contribution is -0.156. The highest BCUT2D eigenvalue weighted by molar-refractivity contribution is 6.34. The molecule has 4 atom stereocenters. The lowest BCUT2D eigenvalue weighted by Crippen LogP contribution is -2.56. The van der Waals surface area contributed by atoms with E-state index in [4.69, 9.17) is 16.3 Å². The van der Waals surface area contributed by atoms with Gasteiger partial charge in [-0.1, -0.05) is 30.7 Å². The molecule has 8 heteroatoms. The molecule has 0 bridgehead atoms. The van der Waals surface area contributed by atoms with Crippen molar-refractivity contribution in [1.82, 2.24) is 10.0 Å². The van der Waals surface area contributed by atoms with Crippen LogP contribution in [0, 0.1) is 17.8 Å². The minimum Gasteiger partial charge on any atom is -0.497 e. The van der Waals surface area contributed by atoms with Crippen LogP contribution >= 0.6 is 11.6 Å². The summed E-state index contributed by atoms with van der Waals surface area (Å²) in [5, 5.41) is 2.08. The molecule has 0 aromatic heterocycles. The van der Waals surface area contributed by atoms with Crippen LogP contribution in [-0.4, -0.2) is 46.7 Å². The molecule has 2 fully saturated rings. The van der Waals surface area contributed by atoms with Crippen molar-refractivity contribution in [3.8, 4) is 5.75 Å². The molecule has 0 unspecified atom stereocenters. The van der Waals surface area contributed by atoms with E-state index >= 15 is 0 Å². The van der Waals surface area contributed by atoms with Crippen LogP contribution in [0.2, 0.25) is 5.02 Å². The van der Waals surface area contributed by atoms with Crippen LogP contribution in [0.25, 0.3) is 0 Å². The molecule has 3 amide bonds. The van der Waals surface area contributed by atoms with Crippen LogP contribution in [-0.2, 0) is 9.59 Å². The van der Waals surface area contributed by atoms with E-state index in [0.717, 1.165) is 16.4 Å². The standard InChI is InChI=1S/C26H27ClN2O5/c1-15-8-13-19-21(14-15)26(33)29(24(19)31)28(25(32)20-6-4-5-7-22(20)27)16(2)23(30)17-9-11-18(34-3)12-10-17/h4-7,9-12,15-16,19,21H,8,13-14H2,1-3H3/t15-,16-,19+,21-/m0/s1. The van der Waals surface area contributed by atoms with Crippen LogP contribution in [0.1, 0.15) is 53.8 Å². The van der Waals surface area contributed by atoms with Gasteiger partial charge in [-0.2, -0.15) is 5.01 Å².